The maximum Gasteiger partial charge on any atom is 0.186 e. The van der Waals surface area contributed by atoms with Gasteiger partial charge in [0.2, 0.25) is 0 Å². The topological polar surface area (TPSA) is 317 Å². The summed E-state index contributed by atoms with van der Waals surface area (Å²) in [6, 6.07) is 0. The molecule has 8 bridgehead atoms. The van der Waals surface area contributed by atoms with Gasteiger partial charge >= 0.3 is 0 Å². The van der Waals surface area contributed by atoms with Crippen molar-refractivity contribution in [2.75, 3.05) is 26.4 Å². The molecule has 0 aliphatic carbocycles. The molecular weight excluding hydrogens is 608 g/mol. The molecule has 0 saturated carbocycles. The van der Waals surface area contributed by atoms with Crippen molar-refractivity contribution < 1.29 is 99.2 Å². The van der Waals surface area contributed by atoms with Gasteiger partial charge in [-0.15, -0.1) is 0 Å². The highest BCUT2D eigenvalue weighted by Crippen LogP contribution is 2.30. The molecule has 20 heteroatoms. The Labute approximate surface area is 249 Å². The van der Waals surface area contributed by atoms with E-state index in [4.69, 9.17) is 37.9 Å². The van der Waals surface area contributed by atoms with Crippen LogP contribution in [0.1, 0.15) is 0 Å². The maximum absolute atomic E-state index is 10.5. The van der Waals surface area contributed by atoms with E-state index in [0.717, 1.165) is 0 Å². The summed E-state index contributed by atoms with van der Waals surface area (Å²) in [7, 11) is 0. The van der Waals surface area contributed by atoms with Gasteiger partial charge in [-0.25, -0.2) is 0 Å². The van der Waals surface area contributed by atoms with Gasteiger partial charge in [-0.1, -0.05) is 0 Å². The highest BCUT2D eigenvalue weighted by atomic mass is 16.8. The number of hydrogen-bond acceptors (Lipinski definition) is 20. The maximum atomic E-state index is 10.5. The van der Waals surface area contributed by atoms with Gasteiger partial charge in [0.1, 0.15) is 97.7 Å². The molecule has 0 aromatic rings. The number of aliphatic hydroxyl groups is 12. The summed E-state index contributed by atoms with van der Waals surface area (Å²) in [6.45, 7) is -2.49. The number of rotatable bonds is 0. The van der Waals surface area contributed by atoms with Crippen molar-refractivity contribution in [1.82, 2.24) is 0 Å². The first-order valence-electron chi connectivity index (χ1n) is 14.0. The van der Waals surface area contributed by atoms with Gasteiger partial charge in [-0.05, 0) is 0 Å². The molecule has 20 nitrogen and oxygen atoms in total. The fourth-order valence-corrected chi connectivity index (χ4v) is 5.53. The normalized spacial score (nSPS) is 56.5. The fourth-order valence-electron chi connectivity index (χ4n) is 5.53. The smallest absolute Gasteiger partial charge is 0.186 e. The van der Waals surface area contributed by atoms with E-state index >= 15 is 0 Å². The largest absolute Gasteiger partial charge is 0.387 e. The highest BCUT2D eigenvalue weighted by Gasteiger charge is 2.51. The Kier molecular flexibility index (Phi) is 11.1. The quantitative estimate of drug-likeness (QED) is 0.116. The zero-order chi connectivity index (χ0) is 32.0. The Morgan fingerprint density at radius 1 is 0.250 bits per heavy atom. The second-order valence-electron chi connectivity index (χ2n) is 11.4. The van der Waals surface area contributed by atoms with Crippen LogP contribution in [0.15, 0.2) is 0 Å². The van der Waals surface area contributed by atoms with E-state index in [9.17, 15) is 61.3 Å². The lowest BCUT2D eigenvalue weighted by Gasteiger charge is -2.45. The van der Waals surface area contributed by atoms with Crippen LogP contribution in [-0.2, 0) is 37.9 Å². The third kappa shape index (κ3) is 6.77. The summed E-state index contributed by atoms with van der Waals surface area (Å²) in [6.07, 6.45) is -33.9. The lowest BCUT2D eigenvalue weighted by Crippen LogP contribution is -2.64. The standard InChI is InChI=1S/C24H40O20/c25-9-5-1-37-21-17(33)14(30)10(26)6(42-21)2-39-23-19(35)16(32)12(28)8(44-23)4-40-24-20(36)15(31)11(27)7(43-24)3-38-22(41-5)18(34)13(9)29/h5-36H,1-4H2/t5-,6-,7-,8-,9-,10-,11-,12-,13+,14+,15+,16+,17-,18-,19-,20-,21+,22+,23+,24+/m1/s1. The van der Waals surface area contributed by atoms with E-state index < -0.39 is 149 Å². The van der Waals surface area contributed by atoms with Gasteiger partial charge in [0.15, 0.2) is 25.2 Å². The minimum absolute atomic E-state index is 0.623. The molecule has 20 atom stereocenters. The summed E-state index contributed by atoms with van der Waals surface area (Å²) >= 11 is 0. The van der Waals surface area contributed by atoms with Gasteiger partial charge in [0, 0.05) is 0 Å². The van der Waals surface area contributed by atoms with Crippen molar-refractivity contribution in [3.05, 3.63) is 0 Å². The van der Waals surface area contributed by atoms with Crippen LogP contribution in [0.25, 0.3) is 0 Å². The van der Waals surface area contributed by atoms with Crippen molar-refractivity contribution in [3.8, 4) is 0 Å². The molecule has 0 spiro atoms. The average Bonchev–Trinajstić information content (AvgIpc) is 3.01. The van der Waals surface area contributed by atoms with Crippen LogP contribution < -0.4 is 0 Å². The van der Waals surface area contributed by atoms with E-state index in [1.165, 1.54) is 0 Å². The van der Waals surface area contributed by atoms with Crippen LogP contribution in [0.3, 0.4) is 0 Å². The van der Waals surface area contributed by atoms with Crippen LogP contribution in [0.4, 0.5) is 0 Å². The summed E-state index contributed by atoms with van der Waals surface area (Å²) in [5.41, 5.74) is 0. The van der Waals surface area contributed by atoms with Crippen LogP contribution >= 0.6 is 0 Å². The molecule has 5 heterocycles. The Morgan fingerprint density at radius 2 is 0.432 bits per heavy atom. The van der Waals surface area contributed by atoms with Crippen LogP contribution in [0, 0.1) is 0 Å². The van der Waals surface area contributed by atoms with Gasteiger partial charge in [-0.2, -0.15) is 0 Å². The molecule has 5 aliphatic rings. The molecule has 0 amide bonds. The second-order valence-corrected chi connectivity index (χ2v) is 11.4. The van der Waals surface area contributed by atoms with Crippen molar-refractivity contribution in [3.63, 3.8) is 0 Å². The van der Waals surface area contributed by atoms with Gasteiger partial charge < -0.3 is 99.2 Å². The third-order valence-electron chi connectivity index (χ3n) is 8.37. The Balaban J connectivity index is 1.39. The lowest BCUT2D eigenvalue weighted by molar-refractivity contribution is -0.357. The molecular formula is C24H40O20. The van der Waals surface area contributed by atoms with Crippen molar-refractivity contribution in [2.45, 2.75) is 123 Å². The number of ether oxygens (including phenoxy) is 8. The molecule has 5 rings (SSSR count). The van der Waals surface area contributed by atoms with Crippen LogP contribution in [-0.4, -0.2) is 211 Å². The van der Waals surface area contributed by atoms with E-state index in [1.54, 1.807) is 0 Å². The minimum atomic E-state index is -1.83. The summed E-state index contributed by atoms with van der Waals surface area (Å²) in [5.74, 6) is 0. The summed E-state index contributed by atoms with van der Waals surface area (Å²) in [4.78, 5) is 0. The molecule has 44 heavy (non-hydrogen) atoms. The number of hydrogen-bond donors (Lipinski definition) is 12. The minimum Gasteiger partial charge on any atom is -0.387 e. The van der Waals surface area contributed by atoms with E-state index in [2.05, 4.69) is 0 Å². The zero-order valence-corrected chi connectivity index (χ0v) is 23.0. The third-order valence-corrected chi connectivity index (χ3v) is 8.37. The molecule has 0 radical (unpaired) electrons. The molecule has 0 aromatic carbocycles. The van der Waals surface area contributed by atoms with Crippen LogP contribution in [0.5, 0.6) is 0 Å². The first kappa shape index (κ1) is 34.5. The molecule has 5 aliphatic heterocycles. The molecule has 12 N–H and O–H groups in total. The van der Waals surface area contributed by atoms with Gasteiger partial charge in [-0.3, -0.25) is 0 Å². The number of fused-ring (bicyclic) bond motifs is 8. The number of aliphatic hydroxyl groups excluding tert-OH is 12. The van der Waals surface area contributed by atoms with E-state index in [-0.39, 0.29) is 0 Å². The first-order valence-corrected chi connectivity index (χ1v) is 14.0. The van der Waals surface area contributed by atoms with Gasteiger partial charge in [0.25, 0.3) is 0 Å². The Morgan fingerprint density at radius 3 is 0.614 bits per heavy atom. The highest BCUT2D eigenvalue weighted by molar-refractivity contribution is 4.95. The summed E-state index contributed by atoms with van der Waals surface area (Å²) < 4.78 is 44.0. The van der Waals surface area contributed by atoms with E-state index in [1.807, 2.05) is 0 Å². The average molecular weight is 649 g/mol. The Bertz CT molecular complexity index is 724. The van der Waals surface area contributed by atoms with Crippen molar-refractivity contribution >= 4 is 0 Å². The molecule has 5 saturated heterocycles. The SMILES string of the molecule is O[C@@H]1[C@@H](O)[C@H]2OC[C@H]3O[C@H](OC[C@H]4O[C@H](OC[C@H]5O[C@H](OC[C@@H](O2)[C@H]1O)[C@H](O)[C@@H](O)[C@@H]5O)[C@H](O)[C@@H](O)[C@@H]4O)[C@H](O)[C@@H](O)[C@@H]3O. The van der Waals surface area contributed by atoms with Crippen molar-refractivity contribution in [1.29, 1.82) is 0 Å². The first-order chi connectivity index (χ1) is 20.8. The molecule has 256 valence electrons. The lowest BCUT2D eigenvalue weighted by atomic mass is 9.97. The zero-order valence-electron chi connectivity index (χ0n) is 23.0. The van der Waals surface area contributed by atoms with Crippen LogP contribution in [0.2, 0.25) is 0 Å². The fraction of sp³-hybridized carbons (Fsp3) is 1.00. The predicted octanol–water partition coefficient (Wildman–Crippen LogP) is -8.70. The summed E-state index contributed by atoms with van der Waals surface area (Å²) in [5, 5.41) is 125. The van der Waals surface area contributed by atoms with Gasteiger partial charge in [0.05, 0.1) is 26.4 Å². The van der Waals surface area contributed by atoms with Crippen molar-refractivity contribution in [2.24, 2.45) is 0 Å². The predicted molar refractivity (Wildman–Crippen MR) is 131 cm³/mol. The van der Waals surface area contributed by atoms with E-state index in [0.29, 0.717) is 0 Å². The molecule has 5 fully saturated rings. The molecule has 0 aromatic heterocycles. The molecule has 0 unspecified atom stereocenters. The monoisotopic (exact) mass is 648 g/mol. The Hall–Kier alpha value is -0.800. The second kappa shape index (κ2) is 14.1.